The molecule has 0 amide bonds. The van der Waals surface area contributed by atoms with Crippen LogP contribution in [-0.2, 0) is 6.42 Å². The number of carboxylic acid groups (broad SMARTS) is 1. The van der Waals surface area contributed by atoms with Crippen molar-refractivity contribution in [3.63, 3.8) is 0 Å². The third kappa shape index (κ3) is 3.25. The molecule has 3 aromatic rings. The topological polar surface area (TPSA) is 37.3 Å². The van der Waals surface area contributed by atoms with E-state index in [-0.39, 0.29) is 0 Å². The van der Waals surface area contributed by atoms with Crippen molar-refractivity contribution in [3.8, 4) is 0 Å². The van der Waals surface area contributed by atoms with Crippen LogP contribution in [0.25, 0.3) is 0 Å². The average Bonchev–Trinajstić information content (AvgIpc) is 2.63. The Hall–Kier alpha value is -2.44. The Morgan fingerprint density at radius 2 is 1.38 bits per heavy atom. The Morgan fingerprint density at radius 1 is 0.833 bits per heavy atom. The van der Waals surface area contributed by atoms with Crippen LogP contribution in [0.4, 0.5) is 0 Å². The maximum atomic E-state index is 11.6. The molecule has 1 N–H and O–H groups in total. The molecule has 0 fully saturated rings. The summed E-state index contributed by atoms with van der Waals surface area (Å²) in [4.78, 5) is 11.6. The van der Waals surface area contributed by atoms with Gasteiger partial charge >= 0.3 is 5.97 Å². The van der Waals surface area contributed by atoms with E-state index in [0.717, 1.165) is 10.9 Å². The summed E-state index contributed by atoms with van der Waals surface area (Å²) in [5.41, 5.74) is 1.35. The molecule has 2 nitrogen and oxygen atoms in total. The van der Waals surface area contributed by atoms with E-state index in [2.05, 4.69) is 30.3 Å². The van der Waals surface area contributed by atoms with Crippen molar-refractivity contribution in [1.29, 1.82) is 0 Å². The third-order valence-electron chi connectivity index (χ3n) is 4.00. The van der Waals surface area contributed by atoms with Crippen LogP contribution in [0, 0.1) is 0 Å². The fourth-order valence-corrected chi connectivity index (χ4v) is 5.52. The van der Waals surface area contributed by atoms with Crippen LogP contribution in [0.5, 0.6) is 0 Å². The van der Waals surface area contributed by atoms with Crippen LogP contribution in [-0.4, -0.2) is 11.1 Å². The zero-order chi connectivity index (χ0) is 16.9. The first-order chi connectivity index (χ1) is 11.7. The summed E-state index contributed by atoms with van der Waals surface area (Å²) >= 11 is 0. The maximum Gasteiger partial charge on any atom is 0.335 e. The highest BCUT2D eigenvalue weighted by Crippen LogP contribution is 2.34. The number of hydrogen-bond donors (Lipinski definition) is 1. The minimum atomic E-state index is -0.857. The number of carbonyl (C=O) groups is 1. The van der Waals surface area contributed by atoms with Gasteiger partial charge in [0.25, 0.3) is 0 Å². The van der Waals surface area contributed by atoms with Gasteiger partial charge in [-0.05, 0) is 41.9 Å². The van der Waals surface area contributed by atoms with Crippen molar-refractivity contribution in [2.24, 2.45) is 0 Å². The molecule has 24 heavy (non-hydrogen) atoms. The van der Waals surface area contributed by atoms with Crippen LogP contribution >= 0.6 is 7.92 Å². The van der Waals surface area contributed by atoms with Gasteiger partial charge in [0.2, 0.25) is 0 Å². The Bertz CT molecular complexity index is 789. The van der Waals surface area contributed by atoms with E-state index in [1.165, 1.54) is 10.6 Å². The molecule has 3 rings (SSSR count). The lowest BCUT2D eigenvalue weighted by molar-refractivity contribution is 0.0696. The molecule has 0 atom stereocenters. The first-order valence-electron chi connectivity index (χ1n) is 7.97. The maximum absolute atomic E-state index is 11.6. The predicted molar refractivity (Wildman–Crippen MR) is 101 cm³/mol. The van der Waals surface area contributed by atoms with Crippen LogP contribution < -0.4 is 15.9 Å². The van der Waals surface area contributed by atoms with Gasteiger partial charge in [0.05, 0.1) is 5.56 Å². The largest absolute Gasteiger partial charge is 0.478 e. The molecular weight excluding hydrogens is 315 g/mol. The Balaban J connectivity index is 2.24. The average molecular weight is 334 g/mol. The fourth-order valence-electron chi connectivity index (χ4n) is 2.94. The second kappa shape index (κ2) is 7.42. The van der Waals surface area contributed by atoms with Crippen molar-refractivity contribution in [1.82, 2.24) is 0 Å². The standard InChI is InChI=1S/C21H19O2P/c1-2-18-19(21(22)23)14-9-15-20(18)24(16-10-5-3-6-11-16)17-12-7-4-8-13-17/h3-15H,2H2,1H3,(H,22,23). The Labute approximate surface area is 143 Å². The molecule has 120 valence electrons. The normalized spacial score (nSPS) is 10.8. The number of carboxylic acids is 1. The Kier molecular flexibility index (Phi) is 5.08. The van der Waals surface area contributed by atoms with Gasteiger partial charge < -0.3 is 5.11 Å². The Morgan fingerprint density at radius 3 is 1.83 bits per heavy atom. The van der Waals surface area contributed by atoms with Gasteiger partial charge in [0, 0.05) is 0 Å². The van der Waals surface area contributed by atoms with Crippen molar-refractivity contribution in [2.45, 2.75) is 13.3 Å². The third-order valence-corrected chi connectivity index (χ3v) is 6.53. The van der Waals surface area contributed by atoms with Gasteiger partial charge in [-0.3, -0.25) is 0 Å². The molecule has 0 saturated heterocycles. The van der Waals surface area contributed by atoms with Crippen LogP contribution in [0.3, 0.4) is 0 Å². The van der Waals surface area contributed by atoms with Crippen molar-refractivity contribution in [2.75, 3.05) is 0 Å². The highest BCUT2D eigenvalue weighted by atomic mass is 31.1. The van der Waals surface area contributed by atoms with E-state index in [1.54, 1.807) is 6.07 Å². The van der Waals surface area contributed by atoms with E-state index in [4.69, 9.17) is 0 Å². The van der Waals surface area contributed by atoms with Crippen LogP contribution in [0.1, 0.15) is 22.8 Å². The van der Waals surface area contributed by atoms with Gasteiger partial charge in [-0.2, -0.15) is 0 Å². The minimum absolute atomic E-state index is 0.411. The van der Waals surface area contributed by atoms with Crippen molar-refractivity contribution < 1.29 is 9.90 Å². The lowest BCUT2D eigenvalue weighted by Gasteiger charge is -2.23. The SMILES string of the molecule is CCc1c(C(=O)O)cccc1P(c1ccccc1)c1ccccc1. The number of aromatic carboxylic acids is 1. The second-order valence-corrected chi connectivity index (χ2v) is 7.65. The molecular formula is C21H19O2P. The zero-order valence-corrected chi connectivity index (χ0v) is 14.4. The molecule has 3 heteroatoms. The fraction of sp³-hybridized carbons (Fsp3) is 0.0952. The summed E-state index contributed by atoms with van der Waals surface area (Å²) < 4.78 is 0. The van der Waals surface area contributed by atoms with Crippen LogP contribution in [0.2, 0.25) is 0 Å². The molecule has 0 bridgehead atoms. The predicted octanol–water partition coefficient (Wildman–Crippen LogP) is 3.71. The minimum Gasteiger partial charge on any atom is -0.478 e. The summed E-state index contributed by atoms with van der Waals surface area (Å²) in [6.45, 7) is 2.02. The second-order valence-electron chi connectivity index (χ2n) is 5.47. The first-order valence-corrected chi connectivity index (χ1v) is 9.32. The highest BCUT2D eigenvalue weighted by Gasteiger charge is 2.22. The molecule has 0 radical (unpaired) electrons. The molecule has 0 heterocycles. The first kappa shape index (κ1) is 16.4. The molecule has 0 spiro atoms. The molecule has 0 aliphatic carbocycles. The van der Waals surface area contributed by atoms with Gasteiger partial charge in [-0.15, -0.1) is 0 Å². The lowest BCUT2D eigenvalue weighted by Crippen LogP contribution is -2.25. The molecule has 0 aromatic heterocycles. The van der Waals surface area contributed by atoms with Crippen molar-refractivity contribution >= 4 is 29.8 Å². The molecule has 0 unspecified atom stereocenters. The molecule has 0 aliphatic heterocycles. The summed E-state index contributed by atoms with van der Waals surface area (Å²) in [6.07, 6.45) is 0.705. The van der Waals surface area contributed by atoms with E-state index in [0.29, 0.717) is 12.0 Å². The van der Waals surface area contributed by atoms with Gasteiger partial charge in [-0.1, -0.05) is 79.7 Å². The van der Waals surface area contributed by atoms with E-state index in [9.17, 15) is 9.90 Å². The summed E-state index contributed by atoms with van der Waals surface area (Å²) in [5.74, 6) is -0.857. The monoisotopic (exact) mass is 334 g/mol. The number of rotatable bonds is 5. The van der Waals surface area contributed by atoms with Gasteiger partial charge in [0.15, 0.2) is 0 Å². The van der Waals surface area contributed by atoms with Crippen LogP contribution in [0.15, 0.2) is 78.9 Å². The van der Waals surface area contributed by atoms with E-state index >= 15 is 0 Å². The quantitative estimate of drug-likeness (QED) is 0.722. The summed E-state index contributed by atoms with van der Waals surface area (Å²) in [6, 6.07) is 26.4. The molecule has 0 saturated carbocycles. The van der Waals surface area contributed by atoms with E-state index < -0.39 is 13.9 Å². The summed E-state index contributed by atoms with van der Waals surface area (Å²) in [7, 11) is -0.777. The lowest BCUT2D eigenvalue weighted by atomic mass is 10.1. The number of hydrogen-bond acceptors (Lipinski definition) is 1. The highest BCUT2D eigenvalue weighted by molar-refractivity contribution is 7.79. The van der Waals surface area contributed by atoms with Crippen molar-refractivity contribution in [3.05, 3.63) is 90.0 Å². The summed E-state index contributed by atoms with van der Waals surface area (Å²) in [5, 5.41) is 13.1. The smallest absolute Gasteiger partial charge is 0.335 e. The molecule has 0 aliphatic rings. The number of benzene rings is 3. The zero-order valence-electron chi connectivity index (χ0n) is 13.5. The molecule has 3 aromatic carbocycles. The van der Waals surface area contributed by atoms with Gasteiger partial charge in [0.1, 0.15) is 0 Å². The van der Waals surface area contributed by atoms with E-state index in [1.807, 2.05) is 49.4 Å². The van der Waals surface area contributed by atoms with Gasteiger partial charge in [-0.25, -0.2) is 4.79 Å².